The fraction of sp³-hybridized carbons (Fsp3) is 0.647. The summed E-state index contributed by atoms with van der Waals surface area (Å²) in [7, 11) is 0. The second-order valence-corrected chi connectivity index (χ2v) is 6.27. The largest absolute Gasteiger partial charge is 0.327 e. The molecule has 2 heteroatoms. The summed E-state index contributed by atoms with van der Waals surface area (Å²) < 4.78 is 0. The first-order chi connectivity index (χ1) is 8.99. The molecule has 2 nitrogen and oxygen atoms in total. The first-order valence-corrected chi connectivity index (χ1v) is 7.55. The molecule has 1 aliphatic heterocycles. The summed E-state index contributed by atoms with van der Waals surface area (Å²) in [6.07, 6.45) is 3.89. The van der Waals surface area contributed by atoms with Gasteiger partial charge >= 0.3 is 0 Å². The van der Waals surface area contributed by atoms with Gasteiger partial charge in [-0.15, -0.1) is 0 Å². The van der Waals surface area contributed by atoms with E-state index in [1.54, 1.807) is 0 Å². The standard InChI is InChI=1S/C17H28N2/c1-12-9-13(2)16(14(3)10-12)11-19-8-6-5-7-17(19)15(4)18/h9-10,15,17H,5-8,11,18H2,1-4H3. The number of rotatable bonds is 3. The highest BCUT2D eigenvalue weighted by Crippen LogP contribution is 2.24. The van der Waals surface area contributed by atoms with E-state index >= 15 is 0 Å². The van der Waals surface area contributed by atoms with Crippen molar-refractivity contribution in [2.75, 3.05) is 6.54 Å². The molecule has 106 valence electrons. The monoisotopic (exact) mass is 260 g/mol. The lowest BCUT2D eigenvalue weighted by molar-refractivity contribution is 0.122. The zero-order valence-corrected chi connectivity index (χ0v) is 12.9. The number of hydrogen-bond acceptors (Lipinski definition) is 2. The molecule has 0 amide bonds. The highest BCUT2D eigenvalue weighted by Gasteiger charge is 2.25. The van der Waals surface area contributed by atoms with Gasteiger partial charge in [0.2, 0.25) is 0 Å². The van der Waals surface area contributed by atoms with Crippen molar-refractivity contribution in [3.63, 3.8) is 0 Å². The van der Waals surface area contributed by atoms with Crippen LogP contribution in [-0.2, 0) is 6.54 Å². The fourth-order valence-electron chi connectivity index (χ4n) is 3.47. The Kier molecular flexibility index (Phi) is 4.64. The van der Waals surface area contributed by atoms with Gasteiger partial charge in [-0.25, -0.2) is 0 Å². The molecule has 2 rings (SSSR count). The van der Waals surface area contributed by atoms with Gasteiger partial charge in [-0.3, -0.25) is 4.90 Å². The predicted octanol–water partition coefficient (Wildman–Crippen LogP) is 3.31. The Morgan fingerprint density at radius 1 is 1.21 bits per heavy atom. The number of benzene rings is 1. The molecule has 1 aliphatic rings. The molecule has 2 N–H and O–H groups in total. The minimum absolute atomic E-state index is 0.270. The van der Waals surface area contributed by atoms with Crippen molar-refractivity contribution in [3.05, 3.63) is 34.4 Å². The van der Waals surface area contributed by atoms with Crippen LogP contribution in [0.3, 0.4) is 0 Å². The normalized spacial score (nSPS) is 22.5. The number of likely N-dealkylation sites (tertiary alicyclic amines) is 1. The summed E-state index contributed by atoms with van der Waals surface area (Å²) in [6.45, 7) is 11.1. The van der Waals surface area contributed by atoms with Crippen LogP contribution in [0.5, 0.6) is 0 Å². The van der Waals surface area contributed by atoms with E-state index in [1.165, 1.54) is 48.1 Å². The maximum Gasteiger partial charge on any atom is 0.0248 e. The number of hydrogen-bond donors (Lipinski definition) is 1. The third-order valence-electron chi connectivity index (χ3n) is 4.47. The highest BCUT2D eigenvalue weighted by molar-refractivity contribution is 5.37. The second-order valence-electron chi connectivity index (χ2n) is 6.27. The Balaban J connectivity index is 2.19. The van der Waals surface area contributed by atoms with Gasteiger partial charge in [0, 0.05) is 18.6 Å². The third-order valence-corrected chi connectivity index (χ3v) is 4.47. The number of aryl methyl sites for hydroxylation is 3. The lowest BCUT2D eigenvalue weighted by Crippen LogP contribution is -2.48. The van der Waals surface area contributed by atoms with Crippen LogP contribution in [0, 0.1) is 20.8 Å². The first-order valence-electron chi connectivity index (χ1n) is 7.55. The van der Waals surface area contributed by atoms with Crippen LogP contribution >= 0.6 is 0 Å². The molecule has 1 heterocycles. The molecular weight excluding hydrogens is 232 g/mol. The van der Waals surface area contributed by atoms with Crippen molar-refractivity contribution in [2.45, 2.75) is 65.6 Å². The predicted molar refractivity (Wildman–Crippen MR) is 82.4 cm³/mol. The third kappa shape index (κ3) is 3.37. The van der Waals surface area contributed by atoms with Crippen molar-refractivity contribution >= 4 is 0 Å². The van der Waals surface area contributed by atoms with Crippen LogP contribution in [0.1, 0.15) is 48.4 Å². The van der Waals surface area contributed by atoms with E-state index < -0.39 is 0 Å². The van der Waals surface area contributed by atoms with Gasteiger partial charge in [0.15, 0.2) is 0 Å². The Hall–Kier alpha value is -0.860. The average Bonchev–Trinajstić information content (AvgIpc) is 2.34. The summed E-state index contributed by atoms with van der Waals surface area (Å²) >= 11 is 0. The molecule has 0 aliphatic carbocycles. The van der Waals surface area contributed by atoms with E-state index in [1.807, 2.05) is 0 Å². The molecule has 1 aromatic carbocycles. The Labute approximate surface area is 118 Å². The van der Waals surface area contributed by atoms with E-state index in [4.69, 9.17) is 5.73 Å². The average molecular weight is 260 g/mol. The van der Waals surface area contributed by atoms with Gasteiger partial charge in [0.25, 0.3) is 0 Å². The number of nitrogens with two attached hydrogens (primary N) is 1. The summed E-state index contributed by atoms with van der Waals surface area (Å²) in [5, 5.41) is 0. The number of nitrogens with zero attached hydrogens (tertiary/aromatic N) is 1. The molecule has 2 unspecified atom stereocenters. The zero-order chi connectivity index (χ0) is 14.0. The van der Waals surface area contributed by atoms with Crippen molar-refractivity contribution in [3.8, 4) is 0 Å². The molecule has 2 atom stereocenters. The molecule has 0 saturated carbocycles. The number of piperidine rings is 1. The molecule has 1 saturated heterocycles. The lowest BCUT2D eigenvalue weighted by atomic mass is 9.94. The lowest BCUT2D eigenvalue weighted by Gasteiger charge is -2.38. The summed E-state index contributed by atoms with van der Waals surface area (Å²) in [6, 6.07) is 5.42. The molecule has 1 aromatic rings. The van der Waals surface area contributed by atoms with Crippen LogP contribution in [0.2, 0.25) is 0 Å². The maximum atomic E-state index is 6.17. The van der Waals surface area contributed by atoms with Gasteiger partial charge in [-0.05, 0) is 63.8 Å². The summed E-state index contributed by atoms with van der Waals surface area (Å²) in [5.74, 6) is 0. The van der Waals surface area contributed by atoms with Crippen LogP contribution in [0.15, 0.2) is 12.1 Å². The molecule has 19 heavy (non-hydrogen) atoms. The van der Waals surface area contributed by atoms with E-state index in [2.05, 4.69) is 44.7 Å². The van der Waals surface area contributed by atoms with E-state index in [-0.39, 0.29) is 6.04 Å². The zero-order valence-electron chi connectivity index (χ0n) is 12.9. The topological polar surface area (TPSA) is 29.3 Å². The molecule has 0 radical (unpaired) electrons. The van der Waals surface area contributed by atoms with Crippen LogP contribution in [0.4, 0.5) is 0 Å². The summed E-state index contributed by atoms with van der Waals surface area (Å²) in [4.78, 5) is 2.60. The van der Waals surface area contributed by atoms with Gasteiger partial charge in [-0.2, -0.15) is 0 Å². The highest BCUT2D eigenvalue weighted by atomic mass is 15.2. The SMILES string of the molecule is Cc1cc(C)c(CN2CCCCC2C(C)N)c(C)c1. The minimum Gasteiger partial charge on any atom is -0.327 e. The minimum atomic E-state index is 0.270. The van der Waals surface area contributed by atoms with Crippen molar-refractivity contribution in [1.29, 1.82) is 0 Å². The second kappa shape index (κ2) is 6.06. The Bertz CT molecular complexity index is 414. The van der Waals surface area contributed by atoms with E-state index in [9.17, 15) is 0 Å². The van der Waals surface area contributed by atoms with Crippen molar-refractivity contribution in [2.24, 2.45) is 5.73 Å². The van der Waals surface area contributed by atoms with Crippen LogP contribution in [-0.4, -0.2) is 23.5 Å². The van der Waals surface area contributed by atoms with Crippen LogP contribution in [0.25, 0.3) is 0 Å². The van der Waals surface area contributed by atoms with Gasteiger partial charge in [0.1, 0.15) is 0 Å². The van der Waals surface area contributed by atoms with Crippen molar-refractivity contribution in [1.82, 2.24) is 4.90 Å². The van der Waals surface area contributed by atoms with Gasteiger partial charge < -0.3 is 5.73 Å². The molecule has 0 spiro atoms. The van der Waals surface area contributed by atoms with Crippen LogP contribution < -0.4 is 5.73 Å². The molecule has 1 fully saturated rings. The molecule has 0 bridgehead atoms. The van der Waals surface area contributed by atoms with Crippen molar-refractivity contribution < 1.29 is 0 Å². The quantitative estimate of drug-likeness (QED) is 0.903. The smallest absolute Gasteiger partial charge is 0.0248 e. The molecule has 0 aromatic heterocycles. The van der Waals surface area contributed by atoms with Gasteiger partial charge in [-0.1, -0.05) is 24.1 Å². The Morgan fingerprint density at radius 3 is 2.42 bits per heavy atom. The van der Waals surface area contributed by atoms with Gasteiger partial charge in [0.05, 0.1) is 0 Å². The van der Waals surface area contributed by atoms with E-state index in [0.717, 1.165) is 6.54 Å². The maximum absolute atomic E-state index is 6.17. The van der Waals surface area contributed by atoms with E-state index in [0.29, 0.717) is 6.04 Å². The Morgan fingerprint density at radius 2 is 1.84 bits per heavy atom. The first kappa shape index (κ1) is 14.5. The molecular formula is C17H28N2. The fourth-order valence-corrected chi connectivity index (χ4v) is 3.47. The summed E-state index contributed by atoms with van der Waals surface area (Å²) in [5.41, 5.74) is 11.9.